The van der Waals surface area contributed by atoms with Crippen LogP contribution in [0.4, 0.5) is 5.69 Å². The van der Waals surface area contributed by atoms with Gasteiger partial charge in [-0.25, -0.2) is 8.42 Å². The molecule has 1 aliphatic rings. The number of amides is 1. The zero-order valence-corrected chi connectivity index (χ0v) is 16.4. The maximum atomic E-state index is 12.5. The van der Waals surface area contributed by atoms with Gasteiger partial charge in [-0.15, -0.1) is 0 Å². The summed E-state index contributed by atoms with van der Waals surface area (Å²) in [6.45, 7) is 3.85. The topological polar surface area (TPSA) is 66.5 Å². The molecule has 25 heavy (non-hydrogen) atoms. The van der Waals surface area contributed by atoms with Gasteiger partial charge in [0, 0.05) is 6.04 Å². The monoisotopic (exact) mass is 366 g/mol. The molecule has 1 fully saturated rings. The number of carbonyl (C=O) groups excluding carboxylic acids is 1. The first-order chi connectivity index (χ1) is 11.9. The van der Waals surface area contributed by atoms with Crippen molar-refractivity contribution in [3.8, 4) is 0 Å². The lowest BCUT2D eigenvalue weighted by Gasteiger charge is -2.28. The number of carbonyl (C=O) groups is 1. The molecule has 0 bridgehead atoms. The van der Waals surface area contributed by atoms with Gasteiger partial charge in [0.05, 0.1) is 11.9 Å². The molecule has 0 aromatic heterocycles. The highest BCUT2D eigenvalue weighted by molar-refractivity contribution is 7.92. The molecule has 1 aromatic carbocycles. The van der Waals surface area contributed by atoms with Crippen LogP contribution in [0.3, 0.4) is 0 Å². The number of sulfonamides is 1. The molecule has 2 rings (SSSR count). The van der Waals surface area contributed by atoms with E-state index in [2.05, 4.69) is 5.32 Å². The number of anilines is 1. The molecular formula is C19H30N2O3S. The summed E-state index contributed by atoms with van der Waals surface area (Å²) in [7, 11) is -3.55. The Balaban J connectivity index is 2.27. The van der Waals surface area contributed by atoms with E-state index in [1.165, 1.54) is 17.0 Å². The summed E-state index contributed by atoms with van der Waals surface area (Å²) in [5, 5.41) is 3.02. The fraction of sp³-hybridized carbons (Fsp3) is 0.632. The number of hydrogen-bond donors (Lipinski definition) is 1. The van der Waals surface area contributed by atoms with Crippen LogP contribution in [0.5, 0.6) is 0 Å². The van der Waals surface area contributed by atoms with Gasteiger partial charge in [-0.2, -0.15) is 0 Å². The molecule has 1 aromatic rings. The predicted molar refractivity (Wildman–Crippen MR) is 102 cm³/mol. The van der Waals surface area contributed by atoms with Crippen LogP contribution >= 0.6 is 0 Å². The number of aryl methyl sites for hydroxylation is 2. The molecule has 0 atom stereocenters. The summed E-state index contributed by atoms with van der Waals surface area (Å²) >= 11 is 0. The first-order valence-electron chi connectivity index (χ1n) is 9.24. The summed E-state index contributed by atoms with van der Waals surface area (Å²) in [6.07, 6.45) is 8.04. The Morgan fingerprint density at radius 1 is 1.12 bits per heavy atom. The Hall–Kier alpha value is -1.56. The van der Waals surface area contributed by atoms with Crippen molar-refractivity contribution in [3.05, 3.63) is 29.3 Å². The molecule has 140 valence electrons. The summed E-state index contributed by atoms with van der Waals surface area (Å²) in [5.74, 6) is -0.217. The number of para-hydroxylation sites is 1. The van der Waals surface area contributed by atoms with Gasteiger partial charge < -0.3 is 5.32 Å². The van der Waals surface area contributed by atoms with E-state index in [1.54, 1.807) is 0 Å². The lowest BCUT2D eigenvalue weighted by Crippen LogP contribution is -2.45. The molecule has 0 unspecified atom stereocenters. The Labute approximate surface area is 151 Å². The van der Waals surface area contributed by atoms with Crippen LogP contribution in [0.2, 0.25) is 0 Å². The highest BCUT2D eigenvalue weighted by atomic mass is 32.2. The van der Waals surface area contributed by atoms with Gasteiger partial charge in [0.1, 0.15) is 6.54 Å². The van der Waals surface area contributed by atoms with Gasteiger partial charge in [0.15, 0.2) is 0 Å². The van der Waals surface area contributed by atoms with Crippen molar-refractivity contribution >= 4 is 21.6 Å². The number of nitrogens with one attached hydrogen (secondary N) is 1. The van der Waals surface area contributed by atoms with Crippen molar-refractivity contribution in [2.75, 3.05) is 17.1 Å². The number of nitrogens with zero attached hydrogens (tertiary/aromatic N) is 1. The molecule has 0 radical (unpaired) electrons. The van der Waals surface area contributed by atoms with Crippen LogP contribution in [-0.2, 0) is 27.7 Å². The summed E-state index contributed by atoms with van der Waals surface area (Å²) in [4.78, 5) is 12.5. The Bertz CT molecular complexity index is 672. The van der Waals surface area contributed by atoms with E-state index < -0.39 is 10.0 Å². The second-order valence-corrected chi connectivity index (χ2v) is 8.71. The van der Waals surface area contributed by atoms with Gasteiger partial charge in [-0.1, -0.05) is 51.3 Å². The van der Waals surface area contributed by atoms with Crippen molar-refractivity contribution in [1.29, 1.82) is 0 Å². The van der Waals surface area contributed by atoms with Crippen LogP contribution in [0.25, 0.3) is 0 Å². The molecule has 0 heterocycles. The van der Waals surface area contributed by atoms with Crippen molar-refractivity contribution in [3.63, 3.8) is 0 Å². The van der Waals surface area contributed by atoms with Crippen LogP contribution in [0.1, 0.15) is 57.1 Å². The van der Waals surface area contributed by atoms with Gasteiger partial charge in [-0.3, -0.25) is 9.10 Å². The summed E-state index contributed by atoms with van der Waals surface area (Å²) in [6, 6.07) is 6.00. The van der Waals surface area contributed by atoms with E-state index in [9.17, 15) is 13.2 Å². The molecule has 6 heteroatoms. The van der Waals surface area contributed by atoms with Crippen LogP contribution in [0, 0.1) is 0 Å². The summed E-state index contributed by atoms with van der Waals surface area (Å²) in [5.41, 5.74) is 2.58. The minimum Gasteiger partial charge on any atom is -0.352 e. The summed E-state index contributed by atoms with van der Waals surface area (Å²) < 4.78 is 26.2. The minimum absolute atomic E-state index is 0.153. The number of hydrogen-bond acceptors (Lipinski definition) is 3. The standard InChI is InChI=1S/C19H30N2O3S/c1-4-15-10-9-11-16(5-2)19(15)21(25(3,23)24)14-18(22)20-17-12-7-6-8-13-17/h9-11,17H,4-8,12-14H2,1-3H3,(H,20,22). The fourth-order valence-electron chi connectivity index (χ4n) is 3.55. The van der Waals surface area contributed by atoms with Gasteiger partial charge in [-0.05, 0) is 36.8 Å². The zero-order chi connectivity index (χ0) is 18.4. The Morgan fingerprint density at radius 2 is 1.68 bits per heavy atom. The molecule has 0 spiro atoms. The lowest BCUT2D eigenvalue weighted by molar-refractivity contribution is -0.120. The molecular weight excluding hydrogens is 336 g/mol. The van der Waals surface area contributed by atoms with Gasteiger partial charge in [0.2, 0.25) is 15.9 Å². The zero-order valence-electron chi connectivity index (χ0n) is 15.5. The third-order valence-corrected chi connectivity index (χ3v) is 5.98. The average Bonchev–Trinajstić information content (AvgIpc) is 2.59. The Morgan fingerprint density at radius 3 is 2.16 bits per heavy atom. The molecule has 1 saturated carbocycles. The quantitative estimate of drug-likeness (QED) is 0.806. The Kier molecular flexibility index (Phi) is 6.87. The second kappa shape index (κ2) is 8.70. The normalized spacial score (nSPS) is 15.8. The molecule has 1 aliphatic carbocycles. The maximum Gasteiger partial charge on any atom is 0.240 e. The lowest BCUT2D eigenvalue weighted by atomic mass is 9.95. The van der Waals surface area contributed by atoms with Crippen LogP contribution in [0.15, 0.2) is 18.2 Å². The third kappa shape index (κ3) is 5.21. The van der Waals surface area contributed by atoms with Crippen molar-refractivity contribution < 1.29 is 13.2 Å². The van der Waals surface area contributed by atoms with Crippen molar-refractivity contribution in [2.45, 2.75) is 64.8 Å². The van der Waals surface area contributed by atoms with E-state index in [1.807, 2.05) is 32.0 Å². The van der Waals surface area contributed by atoms with E-state index in [4.69, 9.17) is 0 Å². The number of rotatable bonds is 7. The van der Waals surface area contributed by atoms with E-state index >= 15 is 0 Å². The van der Waals surface area contributed by atoms with E-state index in [0.717, 1.165) is 49.7 Å². The molecule has 1 amide bonds. The van der Waals surface area contributed by atoms with Crippen molar-refractivity contribution in [1.82, 2.24) is 5.32 Å². The number of benzene rings is 1. The van der Waals surface area contributed by atoms with Crippen molar-refractivity contribution in [2.24, 2.45) is 0 Å². The predicted octanol–water partition coefficient (Wildman–Crippen LogP) is 3.03. The first kappa shape index (κ1) is 19.8. The minimum atomic E-state index is -3.55. The maximum absolute atomic E-state index is 12.5. The molecule has 5 nitrogen and oxygen atoms in total. The molecule has 1 N–H and O–H groups in total. The third-order valence-electron chi connectivity index (χ3n) is 4.87. The van der Waals surface area contributed by atoms with E-state index in [0.29, 0.717) is 5.69 Å². The van der Waals surface area contributed by atoms with Gasteiger partial charge in [0.25, 0.3) is 0 Å². The highest BCUT2D eigenvalue weighted by Gasteiger charge is 2.26. The molecule has 0 saturated heterocycles. The highest BCUT2D eigenvalue weighted by Crippen LogP contribution is 2.29. The second-order valence-electron chi connectivity index (χ2n) is 6.80. The fourth-order valence-corrected chi connectivity index (χ4v) is 4.47. The smallest absolute Gasteiger partial charge is 0.240 e. The SMILES string of the molecule is CCc1cccc(CC)c1N(CC(=O)NC1CCCCC1)S(C)(=O)=O. The van der Waals surface area contributed by atoms with Gasteiger partial charge >= 0.3 is 0 Å². The average molecular weight is 367 g/mol. The molecule has 0 aliphatic heterocycles. The first-order valence-corrected chi connectivity index (χ1v) is 11.1. The van der Waals surface area contributed by atoms with Crippen LogP contribution < -0.4 is 9.62 Å². The largest absolute Gasteiger partial charge is 0.352 e. The van der Waals surface area contributed by atoms with E-state index in [-0.39, 0.29) is 18.5 Å². The van der Waals surface area contributed by atoms with Crippen LogP contribution in [-0.4, -0.2) is 33.2 Å².